The molecule has 106 valence electrons. The van der Waals surface area contributed by atoms with Crippen LogP contribution in [0.5, 0.6) is 0 Å². The van der Waals surface area contributed by atoms with Gasteiger partial charge in [0.25, 0.3) is 0 Å². The van der Waals surface area contributed by atoms with Crippen LogP contribution in [0, 0.1) is 17.7 Å². The van der Waals surface area contributed by atoms with Crippen LogP contribution in [-0.4, -0.2) is 24.6 Å². The van der Waals surface area contributed by atoms with Crippen LogP contribution in [0.25, 0.3) is 0 Å². The maximum absolute atomic E-state index is 13.4. The first-order chi connectivity index (χ1) is 9.11. The maximum atomic E-state index is 13.4. The third kappa shape index (κ3) is 3.44. The molecule has 2 atom stereocenters. The van der Waals surface area contributed by atoms with Crippen molar-refractivity contribution in [1.29, 1.82) is 0 Å². The van der Waals surface area contributed by atoms with Crippen LogP contribution in [0.15, 0.2) is 12.3 Å². The zero-order valence-corrected chi connectivity index (χ0v) is 12.1. The largest absolute Gasteiger partial charge is 0.356 e. The first-order valence-electron chi connectivity index (χ1n) is 7.22. The molecule has 2 unspecified atom stereocenters. The van der Waals surface area contributed by atoms with Crippen molar-refractivity contribution < 1.29 is 4.39 Å². The first kappa shape index (κ1) is 14.3. The van der Waals surface area contributed by atoms with Gasteiger partial charge in [0.05, 0.1) is 6.20 Å². The molecule has 0 spiro atoms. The quantitative estimate of drug-likeness (QED) is 0.830. The van der Waals surface area contributed by atoms with E-state index in [-0.39, 0.29) is 5.82 Å². The van der Waals surface area contributed by atoms with Crippen LogP contribution >= 0.6 is 0 Å². The summed E-state index contributed by atoms with van der Waals surface area (Å²) >= 11 is 0. The van der Waals surface area contributed by atoms with Crippen molar-refractivity contribution in [2.24, 2.45) is 11.8 Å². The van der Waals surface area contributed by atoms with Gasteiger partial charge in [0.15, 0.2) is 0 Å². The van der Waals surface area contributed by atoms with Crippen molar-refractivity contribution in [3.8, 4) is 0 Å². The monoisotopic (exact) mass is 265 g/mol. The highest BCUT2D eigenvalue weighted by Gasteiger charge is 2.28. The van der Waals surface area contributed by atoms with Gasteiger partial charge in [-0.2, -0.15) is 0 Å². The van der Waals surface area contributed by atoms with Gasteiger partial charge in [-0.25, -0.2) is 9.37 Å². The number of nitrogens with zero attached hydrogens (tertiary/aromatic N) is 2. The lowest BCUT2D eigenvalue weighted by Gasteiger charge is -2.21. The van der Waals surface area contributed by atoms with Gasteiger partial charge in [-0.3, -0.25) is 0 Å². The lowest BCUT2D eigenvalue weighted by Crippen LogP contribution is -2.24. The van der Waals surface area contributed by atoms with E-state index in [1.807, 2.05) is 0 Å². The molecule has 1 aromatic heterocycles. The minimum atomic E-state index is -0.252. The van der Waals surface area contributed by atoms with Gasteiger partial charge in [0.2, 0.25) is 0 Å². The fourth-order valence-corrected chi connectivity index (χ4v) is 2.59. The Labute approximate surface area is 115 Å². The van der Waals surface area contributed by atoms with E-state index in [9.17, 15) is 4.39 Å². The summed E-state index contributed by atoms with van der Waals surface area (Å²) in [5.74, 6) is 2.03. The molecule has 1 fully saturated rings. The smallest absolute Gasteiger partial charge is 0.141 e. The van der Waals surface area contributed by atoms with Crippen molar-refractivity contribution in [3.05, 3.63) is 23.6 Å². The Bertz CT molecular complexity index is 412. The van der Waals surface area contributed by atoms with Gasteiger partial charge in [-0.15, -0.1) is 0 Å². The lowest BCUT2D eigenvalue weighted by molar-refractivity contribution is 0.494. The molecule has 1 saturated heterocycles. The number of hydrogen-bond donors (Lipinski definition) is 1. The number of hydrogen-bond acceptors (Lipinski definition) is 3. The topological polar surface area (TPSA) is 28.2 Å². The molecule has 0 bridgehead atoms. The molecule has 0 aromatic carbocycles. The number of halogens is 1. The second-order valence-electron chi connectivity index (χ2n) is 5.67. The van der Waals surface area contributed by atoms with E-state index in [1.54, 1.807) is 6.07 Å². The summed E-state index contributed by atoms with van der Waals surface area (Å²) in [6, 6.07) is 1.61. The summed E-state index contributed by atoms with van der Waals surface area (Å²) < 4.78 is 13.4. The number of pyridine rings is 1. The minimum Gasteiger partial charge on any atom is -0.356 e. The SMILES string of the molecule is CCCNCc1cc(F)cnc1N1CC(C)C(C)C1. The van der Waals surface area contributed by atoms with Crippen LogP contribution in [-0.2, 0) is 6.54 Å². The molecule has 3 nitrogen and oxygen atoms in total. The molecular weight excluding hydrogens is 241 g/mol. The highest BCUT2D eigenvalue weighted by atomic mass is 19.1. The van der Waals surface area contributed by atoms with E-state index in [0.29, 0.717) is 18.4 Å². The zero-order chi connectivity index (χ0) is 13.8. The fraction of sp³-hybridized carbons (Fsp3) is 0.667. The molecule has 19 heavy (non-hydrogen) atoms. The molecule has 1 aromatic rings. The van der Waals surface area contributed by atoms with Gasteiger partial charge < -0.3 is 10.2 Å². The van der Waals surface area contributed by atoms with Gasteiger partial charge in [-0.1, -0.05) is 20.8 Å². The summed E-state index contributed by atoms with van der Waals surface area (Å²) in [6.45, 7) is 10.3. The summed E-state index contributed by atoms with van der Waals surface area (Å²) in [6.07, 6.45) is 2.40. The van der Waals surface area contributed by atoms with Crippen LogP contribution in [0.1, 0.15) is 32.8 Å². The van der Waals surface area contributed by atoms with E-state index in [0.717, 1.165) is 37.4 Å². The van der Waals surface area contributed by atoms with E-state index < -0.39 is 0 Å². The molecule has 0 radical (unpaired) electrons. The van der Waals surface area contributed by atoms with E-state index >= 15 is 0 Å². The Hall–Kier alpha value is -1.16. The highest BCUT2D eigenvalue weighted by molar-refractivity contribution is 5.48. The second-order valence-corrected chi connectivity index (χ2v) is 5.67. The Morgan fingerprint density at radius 1 is 1.37 bits per heavy atom. The molecule has 1 N–H and O–H groups in total. The summed E-state index contributed by atoms with van der Waals surface area (Å²) in [4.78, 5) is 6.61. The normalized spacial score (nSPS) is 23.1. The average molecular weight is 265 g/mol. The van der Waals surface area contributed by atoms with Crippen molar-refractivity contribution in [2.45, 2.75) is 33.7 Å². The van der Waals surface area contributed by atoms with Crippen LogP contribution in [0.3, 0.4) is 0 Å². The third-order valence-corrected chi connectivity index (χ3v) is 3.94. The van der Waals surface area contributed by atoms with Gasteiger partial charge in [0.1, 0.15) is 11.6 Å². The number of aromatic nitrogens is 1. The predicted molar refractivity (Wildman–Crippen MR) is 76.7 cm³/mol. The van der Waals surface area contributed by atoms with E-state index in [2.05, 4.69) is 36.0 Å². The Kier molecular flexibility index (Phi) is 4.75. The van der Waals surface area contributed by atoms with Gasteiger partial charge in [0, 0.05) is 25.2 Å². The second kappa shape index (κ2) is 6.33. The maximum Gasteiger partial charge on any atom is 0.141 e. The number of rotatable bonds is 5. The van der Waals surface area contributed by atoms with Crippen LogP contribution in [0.2, 0.25) is 0 Å². The van der Waals surface area contributed by atoms with Crippen molar-refractivity contribution >= 4 is 5.82 Å². The molecule has 2 heterocycles. The van der Waals surface area contributed by atoms with Gasteiger partial charge >= 0.3 is 0 Å². The molecule has 4 heteroatoms. The van der Waals surface area contributed by atoms with Crippen LogP contribution < -0.4 is 10.2 Å². The van der Waals surface area contributed by atoms with E-state index in [1.165, 1.54) is 6.20 Å². The summed E-state index contributed by atoms with van der Waals surface area (Å²) in [5, 5.41) is 3.33. The molecule has 1 aliphatic rings. The molecule has 2 rings (SSSR count). The Balaban J connectivity index is 2.14. The Morgan fingerprint density at radius 2 is 2.05 bits per heavy atom. The molecular formula is C15H24FN3. The Morgan fingerprint density at radius 3 is 2.68 bits per heavy atom. The average Bonchev–Trinajstić information content (AvgIpc) is 2.70. The lowest BCUT2D eigenvalue weighted by atomic mass is 10.0. The highest BCUT2D eigenvalue weighted by Crippen LogP contribution is 2.28. The standard InChI is InChI=1S/C15H24FN3/c1-4-5-17-7-13-6-14(16)8-18-15(13)19-9-11(2)12(3)10-19/h6,8,11-12,17H,4-5,7,9-10H2,1-3H3. The molecule has 0 amide bonds. The summed E-state index contributed by atoms with van der Waals surface area (Å²) in [5.41, 5.74) is 0.967. The fourth-order valence-electron chi connectivity index (χ4n) is 2.59. The van der Waals surface area contributed by atoms with Crippen molar-refractivity contribution in [3.63, 3.8) is 0 Å². The van der Waals surface area contributed by atoms with Crippen molar-refractivity contribution in [2.75, 3.05) is 24.5 Å². The first-order valence-corrected chi connectivity index (χ1v) is 7.22. The third-order valence-electron chi connectivity index (χ3n) is 3.94. The number of nitrogens with one attached hydrogen (secondary N) is 1. The number of anilines is 1. The molecule has 1 aliphatic heterocycles. The zero-order valence-electron chi connectivity index (χ0n) is 12.1. The van der Waals surface area contributed by atoms with Crippen molar-refractivity contribution in [1.82, 2.24) is 10.3 Å². The van der Waals surface area contributed by atoms with Gasteiger partial charge in [-0.05, 0) is 30.9 Å². The van der Waals surface area contributed by atoms with E-state index in [4.69, 9.17) is 0 Å². The molecule has 0 aliphatic carbocycles. The summed E-state index contributed by atoms with van der Waals surface area (Å²) in [7, 11) is 0. The molecule has 0 saturated carbocycles. The predicted octanol–water partition coefficient (Wildman–Crippen LogP) is 2.81. The minimum absolute atomic E-state index is 0.252. The van der Waals surface area contributed by atoms with Crippen LogP contribution in [0.4, 0.5) is 10.2 Å².